The Hall–Kier alpha value is -1.65. The molecule has 120 valence electrons. The van der Waals surface area contributed by atoms with Crippen molar-refractivity contribution in [3.05, 3.63) is 0 Å². The van der Waals surface area contributed by atoms with Gasteiger partial charge in [0.2, 0.25) is 5.91 Å². The number of nitrogens with zero attached hydrogens (tertiary/aromatic N) is 1. The number of carbonyl (C=O) groups is 3. The smallest absolute Gasteiger partial charge is 0.441 e. The molecule has 11 heteroatoms. The highest BCUT2D eigenvalue weighted by molar-refractivity contribution is 8.00. The summed E-state index contributed by atoms with van der Waals surface area (Å²) in [7, 11) is 0. The molecule has 1 unspecified atom stereocenters. The van der Waals surface area contributed by atoms with Crippen LogP contribution in [0.15, 0.2) is 0 Å². The summed E-state index contributed by atoms with van der Waals surface area (Å²) in [6, 6.07) is -1.91. The molecule has 3 amide bonds. The molecule has 1 atom stereocenters. The van der Waals surface area contributed by atoms with Gasteiger partial charge in [-0.2, -0.15) is 13.2 Å². The fraction of sp³-hybridized carbons (Fsp3) is 0.700. The van der Waals surface area contributed by atoms with Gasteiger partial charge in [-0.05, 0) is 11.8 Å². The molecule has 7 nitrogen and oxygen atoms in total. The van der Waals surface area contributed by atoms with Gasteiger partial charge in [0.25, 0.3) is 0 Å². The lowest BCUT2D eigenvalue weighted by Gasteiger charge is -2.34. The number of rotatable bonds is 5. The van der Waals surface area contributed by atoms with E-state index >= 15 is 0 Å². The Balaban J connectivity index is 2.49. The number of hydrogen-bond donors (Lipinski definition) is 3. The number of thioether (sulfide) groups is 1. The molecule has 0 saturated carbocycles. The van der Waals surface area contributed by atoms with Crippen molar-refractivity contribution in [2.24, 2.45) is 0 Å². The summed E-state index contributed by atoms with van der Waals surface area (Å²) in [5, 5.41) is 13.4. The number of aliphatic carboxylic acids is 1. The van der Waals surface area contributed by atoms with Crippen LogP contribution in [-0.4, -0.2) is 64.9 Å². The zero-order chi connectivity index (χ0) is 16.0. The minimum atomic E-state index is -4.37. The first-order chi connectivity index (χ1) is 9.70. The second kappa shape index (κ2) is 7.38. The van der Waals surface area contributed by atoms with Crippen molar-refractivity contribution in [2.45, 2.75) is 18.0 Å². The quantitative estimate of drug-likeness (QED) is 0.627. The average Bonchev–Trinajstić information content (AvgIpc) is 2.35. The van der Waals surface area contributed by atoms with Gasteiger partial charge in [-0.15, -0.1) is 0 Å². The fourth-order valence-electron chi connectivity index (χ4n) is 1.75. The number of piperazine rings is 1. The molecule has 1 fully saturated rings. The van der Waals surface area contributed by atoms with Crippen LogP contribution in [-0.2, 0) is 9.59 Å². The molecule has 1 heterocycles. The van der Waals surface area contributed by atoms with Gasteiger partial charge in [-0.1, -0.05) is 0 Å². The maximum absolute atomic E-state index is 11.9. The number of alkyl halides is 3. The Morgan fingerprint density at radius 3 is 2.71 bits per heavy atom. The van der Waals surface area contributed by atoms with Crippen molar-refractivity contribution >= 4 is 29.7 Å². The molecule has 0 radical (unpaired) electrons. The van der Waals surface area contributed by atoms with E-state index in [4.69, 9.17) is 5.11 Å². The number of carboxylic acid groups (broad SMARTS) is 1. The van der Waals surface area contributed by atoms with E-state index < -0.39 is 35.9 Å². The molecule has 0 aromatic carbocycles. The number of carbonyl (C=O) groups excluding carboxylic acids is 2. The maximum atomic E-state index is 11.9. The number of halogens is 3. The lowest BCUT2D eigenvalue weighted by Crippen LogP contribution is -2.60. The fourth-order valence-corrected chi connectivity index (χ4v) is 2.19. The predicted molar refractivity (Wildman–Crippen MR) is 67.7 cm³/mol. The highest BCUT2D eigenvalue weighted by Gasteiger charge is 2.34. The van der Waals surface area contributed by atoms with Crippen molar-refractivity contribution < 1.29 is 32.7 Å². The molecule has 3 N–H and O–H groups in total. The van der Waals surface area contributed by atoms with Crippen molar-refractivity contribution in [3.8, 4) is 0 Å². The average molecular weight is 329 g/mol. The Morgan fingerprint density at radius 1 is 1.48 bits per heavy atom. The number of hydrogen-bond acceptors (Lipinski definition) is 4. The van der Waals surface area contributed by atoms with E-state index in [2.05, 4.69) is 10.6 Å². The minimum absolute atomic E-state index is 0.0991. The van der Waals surface area contributed by atoms with Crippen LogP contribution < -0.4 is 10.6 Å². The van der Waals surface area contributed by atoms with Crippen LogP contribution in [0.25, 0.3) is 0 Å². The van der Waals surface area contributed by atoms with Crippen molar-refractivity contribution in [1.29, 1.82) is 0 Å². The van der Waals surface area contributed by atoms with Crippen LogP contribution in [0.1, 0.15) is 6.42 Å². The first kappa shape index (κ1) is 17.4. The van der Waals surface area contributed by atoms with Crippen molar-refractivity contribution in [1.82, 2.24) is 15.5 Å². The molecule has 0 bridgehead atoms. The van der Waals surface area contributed by atoms with Crippen molar-refractivity contribution in [3.63, 3.8) is 0 Å². The van der Waals surface area contributed by atoms with Gasteiger partial charge in [-0.25, -0.2) is 4.79 Å². The highest BCUT2D eigenvalue weighted by Crippen LogP contribution is 2.29. The van der Waals surface area contributed by atoms with Crippen LogP contribution in [0.3, 0.4) is 0 Å². The first-order valence-electron chi connectivity index (χ1n) is 5.95. The van der Waals surface area contributed by atoms with Gasteiger partial charge in [0.15, 0.2) is 0 Å². The molecule has 0 aliphatic carbocycles. The second-order valence-electron chi connectivity index (χ2n) is 4.12. The summed E-state index contributed by atoms with van der Waals surface area (Å²) in [5.74, 6) is -2.20. The summed E-state index contributed by atoms with van der Waals surface area (Å²) in [4.78, 5) is 35.1. The number of urea groups is 1. The summed E-state index contributed by atoms with van der Waals surface area (Å²) in [5.41, 5.74) is -4.37. The van der Waals surface area contributed by atoms with Gasteiger partial charge >= 0.3 is 17.5 Å². The van der Waals surface area contributed by atoms with E-state index in [1.54, 1.807) is 0 Å². The Kier molecular flexibility index (Phi) is 6.12. The van der Waals surface area contributed by atoms with Gasteiger partial charge in [0, 0.05) is 25.4 Å². The number of carboxylic acids is 1. The Labute approximate surface area is 122 Å². The summed E-state index contributed by atoms with van der Waals surface area (Å²) in [6.45, 7) is 0.0303. The predicted octanol–water partition coefficient (Wildman–Crippen LogP) is 0.224. The summed E-state index contributed by atoms with van der Waals surface area (Å²) in [6.07, 6.45) is -0.559. The molecular formula is C10H14F3N3O4S. The largest absolute Gasteiger partial charge is 0.481 e. The van der Waals surface area contributed by atoms with E-state index in [9.17, 15) is 27.6 Å². The monoisotopic (exact) mass is 329 g/mol. The summed E-state index contributed by atoms with van der Waals surface area (Å²) < 4.78 is 35.7. The Morgan fingerprint density at radius 2 is 2.14 bits per heavy atom. The van der Waals surface area contributed by atoms with Gasteiger partial charge < -0.3 is 20.6 Å². The van der Waals surface area contributed by atoms with Gasteiger partial charge in [0.05, 0.1) is 6.42 Å². The highest BCUT2D eigenvalue weighted by atomic mass is 32.2. The van der Waals surface area contributed by atoms with E-state index in [-0.39, 0.29) is 37.1 Å². The van der Waals surface area contributed by atoms with Crippen LogP contribution in [0.5, 0.6) is 0 Å². The number of nitrogens with one attached hydrogen (secondary N) is 2. The van der Waals surface area contributed by atoms with Crippen LogP contribution in [0, 0.1) is 0 Å². The molecule has 1 aliphatic heterocycles. The lowest BCUT2D eigenvalue weighted by molar-refractivity contribution is -0.142. The standard InChI is InChI=1S/C10H14F3N3O4S/c11-10(12,13)21-4-2-15-9(20)16-3-1-14-8(19)6(16)5-7(17)18/h6H,1-5H2,(H,14,19)(H,15,20)(H,17,18). The van der Waals surface area contributed by atoms with E-state index in [0.29, 0.717) is 0 Å². The van der Waals surface area contributed by atoms with Crippen LogP contribution in [0.4, 0.5) is 18.0 Å². The third kappa shape index (κ3) is 6.10. The van der Waals surface area contributed by atoms with Crippen LogP contribution >= 0.6 is 11.8 Å². The minimum Gasteiger partial charge on any atom is -0.481 e. The topological polar surface area (TPSA) is 98.7 Å². The molecule has 0 aromatic heterocycles. The molecule has 0 spiro atoms. The van der Waals surface area contributed by atoms with Crippen LogP contribution in [0.2, 0.25) is 0 Å². The molecule has 1 aliphatic rings. The lowest BCUT2D eigenvalue weighted by atomic mass is 10.1. The molecule has 1 rings (SSSR count). The van der Waals surface area contributed by atoms with E-state index in [1.165, 1.54) is 0 Å². The molecule has 1 saturated heterocycles. The Bertz CT molecular complexity index is 419. The molecular weight excluding hydrogens is 315 g/mol. The molecule has 0 aromatic rings. The van der Waals surface area contributed by atoms with E-state index in [1.807, 2.05) is 0 Å². The van der Waals surface area contributed by atoms with Gasteiger partial charge in [0.1, 0.15) is 6.04 Å². The van der Waals surface area contributed by atoms with Crippen molar-refractivity contribution in [2.75, 3.05) is 25.4 Å². The maximum Gasteiger partial charge on any atom is 0.441 e. The number of amides is 3. The zero-order valence-electron chi connectivity index (χ0n) is 10.8. The summed E-state index contributed by atoms with van der Waals surface area (Å²) >= 11 is -0.272. The van der Waals surface area contributed by atoms with E-state index in [0.717, 1.165) is 4.90 Å². The zero-order valence-corrected chi connectivity index (χ0v) is 11.6. The molecule has 21 heavy (non-hydrogen) atoms. The third-order valence-corrected chi connectivity index (χ3v) is 3.34. The third-order valence-electron chi connectivity index (χ3n) is 2.60. The normalized spacial score (nSPS) is 19.1. The second-order valence-corrected chi connectivity index (χ2v) is 5.28. The SMILES string of the molecule is O=C(O)CC1C(=O)NCCN1C(=O)NCCSC(F)(F)F. The first-order valence-corrected chi connectivity index (χ1v) is 6.94. The van der Waals surface area contributed by atoms with Gasteiger partial charge in [-0.3, -0.25) is 9.59 Å².